The maximum absolute atomic E-state index is 12.9. The second kappa shape index (κ2) is 7.31. The minimum Gasteiger partial charge on any atom is -0.506 e. The monoisotopic (exact) mass is 438 g/mol. The molecular formula is C19H22N2O8S. The van der Waals surface area contributed by atoms with Gasteiger partial charge in [-0.15, -0.1) is 0 Å². The van der Waals surface area contributed by atoms with Crippen molar-refractivity contribution in [3.05, 3.63) is 28.0 Å². The highest BCUT2D eigenvalue weighted by Gasteiger charge is 2.28. The third kappa shape index (κ3) is 4.11. The van der Waals surface area contributed by atoms with E-state index in [1.807, 2.05) is 0 Å². The lowest BCUT2D eigenvalue weighted by Crippen LogP contribution is -2.39. The number of rotatable bonds is 4. The number of hydrogen-bond donors (Lipinski definition) is 2. The summed E-state index contributed by atoms with van der Waals surface area (Å²) in [5, 5.41) is 12.9. The van der Waals surface area contributed by atoms with Crippen molar-refractivity contribution in [3.63, 3.8) is 0 Å². The number of carbonyl (C=O) groups is 2. The Morgan fingerprint density at radius 1 is 1.30 bits per heavy atom. The first kappa shape index (κ1) is 21.6. The van der Waals surface area contributed by atoms with Gasteiger partial charge in [0.2, 0.25) is 0 Å². The van der Waals surface area contributed by atoms with E-state index in [-0.39, 0.29) is 34.7 Å². The van der Waals surface area contributed by atoms with Crippen LogP contribution in [-0.4, -0.2) is 55.0 Å². The summed E-state index contributed by atoms with van der Waals surface area (Å²) in [4.78, 5) is 37.2. The van der Waals surface area contributed by atoms with E-state index >= 15 is 0 Å². The predicted octanol–water partition coefficient (Wildman–Crippen LogP) is 0.574. The quantitative estimate of drug-likeness (QED) is 0.660. The summed E-state index contributed by atoms with van der Waals surface area (Å²) >= 11 is 0. The third-order valence-corrected chi connectivity index (χ3v) is 5.40. The number of aromatic hydroxyl groups is 1. The number of aromatic nitrogens is 1. The number of amides is 1. The van der Waals surface area contributed by atoms with E-state index in [0.717, 1.165) is 6.26 Å². The lowest BCUT2D eigenvalue weighted by Gasteiger charge is -2.23. The zero-order valence-corrected chi connectivity index (χ0v) is 17.8. The molecule has 162 valence electrons. The Morgan fingerprint density at radius 2 is 1.97 bits per heavy atom. The molecule has 2 N–H and O–H groups in total. The molecule has 11 heteroatoms. The highest BCUT2D eigenvalue weighted by Crippen LogP contribution is 2.36. The van der Waals surface area contributed by atoms with Crippen LogP contribution in [0.15, 0.2) is 21.8 Å². The number of sulfone groups is 1. The molecular weight excluding hydrogens is 416 g/mol. The van der Waals surface area contributed by atoms with Crippen LogP contribution in [0.25, 0.3) is 10.9 Å². The Labute approximate surface area is 172 Å². The van der Waals surface area contributed by atoms with Crippen molar-refractivity contribution < 1.29 is 32.6 Å². The molecule has 0 atom stereocenters. The second-order valence-corrected chi connectivity index (χ2v) is 9.90. The Bertz CT molecular complexity index is 1220. The minimum absolute atomic E-state index is 0.0188. The number of pyridine rings is 1. The molecule has 0 fully saturated rings. The van der Waals surface area contributed by atoms with Gasteiger partial charge in [-0.3, -0.25) is 14.4 Å². The van der Waals surface area contributed by atoms with E-state index in [1.165, 1.54) is 16.7 Å². The van der Waals surface area contributed by atoms with E-state index in [4.69, 9.17) is 9.47 Å². The van der Waals surface area contributed by atoms with Crippen LogP contribution in [-0.2, 0) is 25.9 Å². The van der Waals surface area contributed by atoms with Gasteiger partial charge in [0.05, 0.1) is 17.0 Å². The van der Waals surface area contributed by atoms with Gasteiger partial charge >= 0.3 is 5.97 Å². The maximum Gasteiger partial charge on any atom is 0.325 e. The average molecular weight is 438 g/mol. The van der Waals surface area contributed by atoms with Gasteiger partial charge in [-0.05, 0) is 26.8 Å². The first-order chi connectivity index (χ1) is 13.8. The predicted molar refractivity (Wildman–Crippen MR) is 107 cm³/mol. The van der Waals surface area contributed by atoms with Gasteiger partial charge in [-0.2, -0.15) is 0 Å². The number of benzene rings is 1. The number of carbonyl (C=O) groups excluding carboxylic acids is 2. The van der Waals surface area contributed by atoms with Crippen LogP contribution in [0.3, 0.4) is 0 Å². The lowest BCUT2D eigenvalue weighted by atomic mass is 10.1. The lowest BCUT2D eigenvalue weighted by molar-refractivity contribution is -0.153. The average Bonchev–Trinajstić information content (AvgIpc) is 2.62. The van der Waals surface area contributed by atoms with Crippen LogP contribution in [0.1, 0.15) is 31.1 Å². The highest BCUT2D eigenvalue weighted by molar-refractivity contribution is 7.90. The molecule has 0 bridgehead atoms. The van der Waals surface area contributed by atoms with Gasteiger partial charge in [0.15, 0.2) is 9.84 Å². The Hall–Kier alpha value is -3.08. The smallest absolute Gasteiger partial charge is 0.325 e. The molecule has 1 aromatic carbocycles. The van der Waals surface area contributed by atoms with E-state index in [9.17, 15) is 27.9 Å². The van der Waals surface area contributed by atoms with E-state index < -0.39 is 50.7 Å². The fourth-order valence-electron chi connectivity index (χ4n) is 3.12. The van der Waals surface area contributed by atoms with Crippen molar-refractivity contribution >= 4 is 32.6 Å². The number of nitrogens with one attached hydrogen (secondary N) is 1. The standard InChI is InChI=1S/C19H22N2O8S/c1-19(2,3)29-13(22)9-20-17(24)14-16(23)11-7-10(30(4,26)27)8-12-15(11)21(18(14)25)5-6-28-12/h7-8,23H,5-6,9H2,1-4H3,(H,20,24). The van der Waals surface area contributed by atoms with Gasteiger partial charge in [0.1, 0.15) is 35.8 Å². The Balaban J connectivity index is 2.09. The molecule has 1 aliphatic heterocycles. The van der Waals surface area contributed by atoms with E-state index in [2.05, 4.69) is 5.32 Å². The Kier molecular flexibility index (Phi) is 5.27. The van der Waals surface area contributed by atoms with Crippen LogP contribution in [0.4, 0.5) is 0 Å². The molecule has 2 aromatic rings. The molecule has 0 aliphatic carbocycles. The summed E-state index contributed by atoms with van der Waals surface area (Å²) in [6.07, 6.45) is 0.991. The molecule has 0 saturated carbocycles. The molecule has 30 heavy (non-hydrogen) atoms. The normalized spacial score (nSPS) is 13.6. The first-order valence-electron chi connectivity index (χ1n) is 9.06. The number of nitrogens with zero attached hydrogens (tertiary/aromatic N) is 1. The van der Waals surface area contributed by atoms with Crippen LogP contribution in [0.5, 0.6) is 11.5 Å². The van der Waals surface area contributed by atoms with Crippen molar-refractivity contribution in [3.8, 4) is 11.5 Å². The molecule has 1 aliphatic rings. The molecule has 2 heterocycles. The SMILES string of the molecule is CC(C)(C)OC(=O)CNC(=O)c1c(O)c2cc(S(C)(=O)=O)cc3c2n(c1=O)CCO3. The van der Waals surface area contributed by atoms with Gasteiger partial charge in [0, 0.05) is 17.7 Å². The van der Waals surface area contributed by atoms with Crippen molar-refractivity contribution in [2.24, 2.45) is 0 Å². The fraction of sp³-hybridized carbons (Fsp3) is 0.421. The summed E-state index contributed by atoms with van der Waals surface area (Å²) in [5.41, 5.74) is -1.93. The van der Waals surface area contributed by atoms with Crippen LogP contribution in [0, 0.1) is 0 Å². The summed E-state index contributed by atoms with van der Waals surface area (Å²) in [6, 6.07) is 2.45. The summed E-state index contributed by atoms with van der Waals surface area (Å²) in [5.74, 6) is -2.27. The molecule has 0 unspecified atom stereocenters. The molecule has 10 nitrogen and oxygen atoms in total. The van der Waals surface area contributed by atoms with Gasteiger partial charge < -0.3 is 24.5 Å². The molecule has 0 saturated heterocycles. The Morgan fingerprint density at radius 3 is 2.57 bits per heavy atom. The summed E-state index contributed by atoms with van der Waals surface area (Å²) in [7, 11) is -3.65. The second-order valence-electron chi connectivity index (χ2n) is 7.89. The van der Waals surface area contributed by atoms with E-state index in [0.29, 0.717) is 0 Å². The van der Waals surface area contributed by atoms with Gasteiger partial charge in [0.25, 0.3) is 11.5 Å². The van der Waals surface area contributed by atoms with Crippen molar-refractivity contribution in [1.82, 2.24) is 9.88 Å². The molecule has 1 amide bonds. The van der Waals surface area contributed by atoms with Crippen LogP contribution < -0.4 is 15.6 Å². The first-order valence-corrected chi connectivity index (χ1v) is 10.9. The molecule has 0 radical (unpaired) electrons. The zero-order valence-electron chi connectivity index (χ0n) is 16.9. The zero-order chi connectivity index (χ0) is 22.4. The van der Waals surface area contributed by atoms with Crippen LogP contribution >= 0.6 is 0 Å². The summed E-state index contributed by atoms with van der Waals surface area (Å²) < 4.78 is 35.8. The van der Waals surface area contributed by atoms with Crippen molar-refractivity contribution in [2.45, 2.75) is 37.8 Å². The highest BCUT2D eigenvalue weighted by atomic mass is 32.2. The van der Waals surface area contributed by atoms with Gasteiger partial charge in [-0.25, -0.2) is 8.42 Å². The van der Waals surface area contributed by atoms with Crippen molar-refractivity contribution in [1.29, 1.82) is 0 Å². The van der Waals surface area contributed by atoms with Crippen molar-refractivity contribution in [2.75, 3.05) is 19.4 Å². The summed E-state index contributed by atoms with van der Waals surface area (Å²) in [6.45, 7) is 4.67. The third-order valence-electron chi connectivity index (χ3n) is 4.31. The number of ether oxygens (including phenoxy) is 2. The van der Waals surface area contributed by atoms with Gasteiger partial charge in [-0.1, -0.05) is 0 Å². The van der Waals surface area contributed by atoms with Crippen LogP contribution in [0.2, 0.25) is 0 Å². The number of hydrogen-bond acceptors (Lipinski definition) is 8. The fourth-order valence-corrected chi connectivity index (χ4v) is 3.77. The molecule has 0 spiro atoms. The number of esters is 1. The largest absolute Gasteiger partial charge is 0.506 e. The molecule has 3 rings (SSSR count). The molecule has 1 aromatic heterocycles. The topological polar surface area (TPSA) is 141 Å². The minimum atomic E-state index is -3.65. The van der Waals surface area contributed by atoms with E-state index in [1.54, 1.807) is 20.8 Å². The maximum atomic E-state index is 12.9.